The average Bonchev–Trinajstić information content (AvgIpc) is 2.64. The Morgan fingerprint density at radius 2 is 2.31 bits per heavy atom. The zero-order chi connectivity index (χ0) is 12.2. The molecular weight excluding hydrogens is 206 g/mol. The molecule has 0 aromatic heterocycles. The topological polar surface area (TPSA) is 64.6 Å². The van der Waals surface area contributed by atoms with E-state index in [1.807, 2.05) is 19.0 Å². The van der Waals surface area contributed by atoms with E-state index in [4.69, 9.17) is 0 Å². The number of carbonyl (C=O) groups excluding carboxylic acids is 1. The van der Waals surface area contributed by atoms with Crippen molar-refractivity contribution in [3.05, 3.63) is 0 Å². The summed E-state index contributed by atoms with van der Waals surface area (Å²) in [4.78, 5) is 13.6. The highest BCUT2D eigenvalue weighted by atomic mass is 16.3. The monoisotopic (exact) mass is 229 g/mol. The Hall–Kier alpha value is -0.650. The van der Waals surface area contributed by atoms with Crippen LogP contribution in [0.1, 0.15) is 13.3 Å². The Morgan fingerprint density at radius 1 is 1.62 bits per heavy atom. The molecule has 0 saturated carbocycles. The quantitative estimate of drug-likeness (QED) is 0.567. The second-order valence-electron chi connectivity index (χ2n) is 5.14. The Kier molecular flexibility index (Phi) is 4.70. The molecule has 1 aliphatic heterocycles. The number of hydrogen-bond donors (Lipinski definition) is 3. The summed E-state index contributed by atoms with van der Waals surface area (Å²) in [5, 5.41) is 16.0. The average molecular weight is 229 g/mol. The lowest BCUT2D eigenvalue weighted by atomic mass is 10.1. The number of amides is 1. The van der Waals surface area contributed by atoms with E-state index in [9.17, 15) is 9.90 Å². The van der Waals surface area contributed by atoms with E-state index in [2.05, 4.69) is 10.6 Å². The van der Waals surface area contributed by atoms with E-state index in [-0.39, 0.29) is 11.8 Å². The predicted octanol–water partition coefficient (Wildman–Crippen LogP) is -0.975. The summed E-state index contributed by atoms with van der Waals surface area (Å²) in [5.74, 6) is 0.110. The summed E-state index contributed by atoms with van der Waals surface area (Å²) in [5.41, 5.74) is -0.870. The lowest BCUT2D eigenvalue weighted by Gasteiger charge is -2.27. The molecule has 1 amide bonds. The second-order valence-corrected chi connectivity index (χ2v) is 5.14. The lowest BCUT2D eigenvalue weighted by Crippen LogP contribution is -2.48. The lowest BCUT2D eigenvalue weighted by molar-refractivity contribution is -0.125. The van der Waals surface area contributed by atoms with Gasteiger partial charge in [-0.3, -0.25) is 4.79 Å². The molecule has 0 spiro atoms. The molecule has 5 nitrogen and oxygen atoms in total. The summed E-state index contributed by atoms with van der Waals surface area (Å²) in [6.07, 6.45) is 0.891. The summed E-state index contributed by atoms with van der Waals surface area (Å²) in [6, 6.07) is 0. The molecule has 0 radical (unpaired) electrons. The third-order valence-corrected chi connectivity index (χ3v) is 2.73. The first-order chi connectivity index (χ1) is 7.41. The summed E-state index contributed by atoms with van der Waals surface area (Å²) >= 11 is 0. The van der Waals surface area contributed by atoms with Gasteiger partial charge in [-0.25, -0.2) is 0 Å². The minimum absolute atomic E-state index is 0.0454. The number of rotatable bonds is 5. The van der Waals surface area contributed by atoms with E-state index >= 15 is 0 Å². The van der Waals surface area contributed by atoms with Crippen LogP contribution in [0, 0.1) is 5.92 Å². The van der Waals surface area contributed by atoms with Gasteiger partial charge in [0.05, 0.1) is 11.5 Å². The molecule has 1 heterocycles. The highest BCUT2D eigenvalue weighted by Crippen LogP contribution is 2.08. The first-order valence-corrected chi connectivity index (χ1v) is 5.76. The van der Waals surface area contributed by atoms with Crippen molar-refractivity contribution in [2.24, 2.45) is 5.92 Å². The van der Waals surface area contributed by atoms with Crippen LogP contribution in [0.4, 0.5) is 0 Å². The fourth-order valence-electron chi connectivity index (χ4n) is 2.04. The van der Waals surface area contributed by atoms with Crippen molar-refractivity contribution in [2.45, 2.75) is 18.9 Å². The smallest absolute Gasteiger partial charge is 0.224 e. The Labute approximate surface area is 97.2 Å². The molecule has 1 rings (SSSR count). The van der Waals surface area contributed by atoms with E-state index < -0.39 is 5.60 Å². The van der Waals surface area contributed by atoms with Gasteiger partial charge in [-0.05, 0) is 34.0 Å². The third kappa shape index (κ3) is 4.47. The molecule has 2 atom stereocenters. The molecule has 1 fully saturated rings. The zero-order valence-corrected chi connectivity index (χ0v) is 10.4. The van der Waals surface area contributed by atoms with Crippen molar-refractivity contribution >= 4 is 5.91 Å². The van der Waals surface area contributed by atoms with Gasteiger partial charge in [-0.15, -0.1) is 0 Å². The summed E-state index contributed by atoms with van der Waals surface area (Å²) in [7, 11) is 3.80. The number of carbonyl (C=O) groups is 1. The molecule has 2 unspecified atom stereocenters. The third-order valence-electron chi connectivity index (χ3n) is 2.73. The van der Waals surface area contributed by atoms with Crippen LogP contribution in [0.25, 0.3) is 0 Å². The Bertz CT molecular complexity index is 235. The SMILES string of the molecule is CN(C)CC(C)(O)CNC(=O)C1CCNC1. The molecule has 94 valence electrons. The summed E-state index contributed by atoms with van der Waals surface area (Å²) < 4.78 is 0. The van der Waals surface area contributed by atoms with Gasteiger partial charge in [0.1, 0.15) is 0 Å². The van der Waals surface area contributed by atoms with E-state index in [0.717, 1.165) is 19.5 Å². The fraction of sp³-hybridized carbons (Fsp3) is 0.909. The molecule has 3 N–H and O–H groups in total. The van der Waals surface area contributed by atoms with Gasteiger partial charge in [0.15, 0.2) is 0 Å². The number of nitrogens with one attached hydrogen (secondary N) is 2. The van der Waals surface area contributed by atoms with Gasteiger partial charge in [-0.2, -0.15) is 0 Å². The van der Waals surface area contributed by atoms with Gasteiger partial charge < -0.3 is 20.6 Å². The fourth-order valence-corrected chi connectivity index (χ4v) is 2.04. The predicted molar refractivity (Wildman–Crippen MR) is 63.2 cm³/mol. The highest BCUT2D eigenvalue weighted by Gasteiger charge is 2.26. The Balaban J connectivity index is 2.29. The minimum atomic E-state index is -0.870. The summed E-state index contributed by atoms with van der Waals surface area (Å²) in [6.45, 7) is 4.24. The molecule has 16 heavy (non-hydrogen) atoms. The number of nitrogens with zero attached hydrogens (tertiary/aromatic N) is 1. The van der Waals surface area contributed by atoms with Crippen LogP contribution in [0.2, 0.25) is 0 Å². The molecule has 0 aliphatic carbocycles. The maximum Gasteiger partial charge on any atom is 0.224 e. The van der Waals surface area contributed by atoms with Gasteiger partial charge in [0, 0.05) is 19.6 Å². The van der Waals surface area contributed by atoms with Crippen molar-refractivity contribution in [3.8, 4) is 0 Å². The highest BCUT2D eigenvalue weighted by molar-refractivity contribution is 5.79. The van der Waals surface area contributed by atoms with Gasteiger partial charge >= 0.3 is 0 Å². The first-order valence-electron chi connectivity index (χ1n) is 5.76. The standard InChI is InChI=1S/C11H23N3O2/c1-11(16,8-14(2)3)7-13-10(15)9-4-5-12-6-9/h9,12,16H,4-8H2,1-3H3,(H,13,15). The van der Waals surface area contributed by atoms with Gasteiger partial charge in [0.25, 0.3) is 0 Å². The molecule has 1 aliphatic rings. The number of likely N-dealkylation sites (N-methyl/N-ethyl adjacent to an activating group) is 1. The minimum Gasteiger partial charge on any atom is -0.387 e. The van der Waals surface area contributed by atoms with E-state index in [0.29, 0.717) is 13.1 Å². The van der Waals surface area contributed by atoms with Crippen LogP contribution in [0.5, 0.6) is 0 Å². The van der Waals surface area contributed by atoms with Crippen LogP contribution in [-0.2, 0) is 4.79 Å². The molecular formula is C11H23N3O2. The molecule has 0 aromatic rings. The van der Waals surface area contributed by atoms with Crippen molar-refractivity contribution in [3.63, 3.8) is 0 Å². The van der Waals surface area contributed by atoms with Crippen molar-refractivity contribution in [2.75, 3.05) is 40.3 Å². The van der Waals surface area contributed by atoms with Gasteiger partial charge in [-0.1, -0.05) is 0 Å². The molecule has 5 heteroatoms. The second kappa shape index (κ2) is 5.61. The van der Waals surface area contributed by atoms with Crippen LogP contribution in [0.15, 0.2) is 0 Å². The maximum atomic E-state index is 11.7. The molecule has 0 bridgehead atoms. The van der Waals surface area contributed by atoms with E-state index in [1.54, 1.807) is 6.92 Å². The zero-order valence-electron chi connectivity index (χ0n) is 10.4. The van der Waals surface area contributed by atoms with Crippen LogP contribution in [0.3, 0.4) is 0 Å². The maximum absolute atomic E-state index is 11.7. The van der Waals surface area contributed by atoms with Crippen LogP contribution < -0.4 is 10.6 Å². The normalized spacial score (nSPS) is 24.4. The number of hydrogen-bond acceptors (Lipinski definition) is 4. The largest absolute Gasteiger partial charge is 0.387 e. The number of aliphatic hydroxyl groups is 1. The van der Waals surface area contributed by atoms with Crippen molar-refractivity contribution < 1.29 is 9.90 Å². The van der Waals surface area contributed by atoms with Crippen molar-refractivity contribution in [1.29, 1.82) is 0 Å². The van der Waals surface area contributed by atoms with E-state index in [1.165, 1.54) is 0 Å². The van der Waals surface area contributed by atoms with Crippen LogP contribution >= 0.6 is 0 Å². The van der Waals surface area contributed by atoms with Gasteiger partial charge in [0.2, 0.25) is 5.91 Å². The first kappa shape index (κ1) is 13.4. The molecule has 0 aromatic carbocycles. The Morgan fingerprint density at radius 3 is 2.81 bits per heavy atom. The van der Waals surface area contributed by atoms with Crippen LogP contribution in [-0.4, -0.2) is 61.8 Å². The van der Waals surface area contributed by atoms with Crippen molar-refractivity contribution in [1.82, 2.24) is 15.5 Å². The molecule has 1 saturated heterocycles.